The number of alkyl halides is 3. The lowest BCUT2D eigenvalue weighted by molar-refractivity contribution is -0.145. The van der Waals surface area contributed by atoms with Crippen molar-refractivity contribution in [2.24, 2.45) is 11.8 Å². The van der Waals surface area contributed by atoms with Gasteiger partial charge < -0.3 is 45.4 Å². The van der Waals surface area contributed by atoms with E-state index in [9.17, 15) is 42.6 Å². The molecule has 5 N–H and O–H groups in total. The number of para-hydroxylation sites is 1. The lowest BCUT2D eigenvalue weighted by atomic mass is 9.78. The number of halogens is 4. The third-order valence-corrected chi connectivity index (χ3v) is 12.3. The number of carbonyl (C=O) groups is 4. The van der Waals surface area contributed by atoms with E-state index in [-0.39, 0.29) is 54.5 Å². The zero-order valence-electron chi connectivity index (χ0n) is 33.0. The molecule has 0 aromatic heterocycles. The number of aliphatic hydroxyl groups excluding tert-OH is 2. The average molecular weight is 849 g/mol. The number of nitrogen functional groups attached to an aromatic ring is 1. The van der Waals surface area contributed by atoms with Crippen molar-refractivity contribution in [2.75, 3.05) is 70.0 Å². The Bertz CT molecular complexity index is 1890. The highest BCUT2D eigenvalue weighted by Crippen LogP contribution is 2.39. The van der Waals surface area contributed by atoms with Gasteiger partial charge in [-0.25, -0.2) is 9.59 Å². The maximum atomic E-state index is 14.2. The van der Waals surface area contributed by atoms with Gasteiger partial charge in [0.25, 0.3) is 5.91 Å². The number of nitrogens with one attached hydrogen (secondary N) is 1. The smallest absolute Gasteiger partial charge is 0.418 e. The second-order valence-electron chi connectivity index (χ2n) is 15.8. The standard InChI is InChI=1S/C41H52ClF3N6O8/c1-25(52)34(53)24-58-36(54)23-48-13-6-27(7-14-48)28-8-15-49(16-9-28)38(55)35(22-26-20-31(41(43,44)45)37(46)32(42)21-26)59-40(57)50-17-11-30(12-18-50)51-19-10-29-4-2-3-5-33(29)47-39(51)56/h2-5,20-21,27-28,30,35,52-53H,6-19,22-24,46H2,1H3,(H,47,56)/b34-25-/t35-/m1/s1. The number of anilines is 2. The van der Waals surface area contributed by atoms with Crippen LogP contribution in [0, 0.1) is 11.8 Å². The molecule has 1 atom stereocenters. The molecule has 18 heteroatoms. The van der Waals surface area contributed by atoms with Crippen LogP contribution < -0.4 is 11.1 Å². The van der Waals surface area contributed by atoms with E-state index in [1.807, 2.05) is 29.2 Å². The Balaban J connectivity index is 1.06. The molecule has 6 rings (SSSR count). The molecule has 0 bridgehead atoms. The number of nitrogens with two attached hydrogens (primary N) is 1. The average Bonchev–Trinajstić information content (AvgIpc) is 3.38. The van der Waals surface area contributed by atoms with E-state index in [0.29, 0.717) is 76.7 Å². The molecule has 0 aliphatic carbocycles. The fourth-order valence-electron chi connectivity index (χ4n) is 8.57. The van der Waals surface area contributed by atoms with Gasteiger partial charge in [-0.1, -0.05) is 29.8 Å². The van der Waals surface area contributed by atoms with Gasteiger partial charge in [-0.05, 0) is 106 Å². The normalized spacial score (nSPS) is 19.9. The molecule has 14 nitrogen and oxygen atoms in total. The van der Waals surface area contributed by atoms with Crippen molar-refractivity contribution >= 4 is 47.0 Å². The van der Waals surface area contributed by atoms with Crippen molar-refractivity contribution in [3.8, 4) is 0 Å². The van der Waals surface area contributed by atoms with Gasteiger partial charge in [0.15, 0.2) is 18.5 Å². The Labute approximate surface area is 346 Å². The molecule has 0 spiro atoms. The number of nitrogens with zero attached hydrogens (tertiary/aromatic N) is 4. The Kier molecular flexibility index (Phi) is 14.1. The number of piperidine rings is 3. The minimum absolute atomic E-state index is 0.0388. The van der Waals surface area contributed by atoms with Crippen LogP contribution in [0.3, 0.4) is 0 Å². The Morgan fingerprint density at radius 2 is 1.56 bits per heavy atom. The number of allylic oxidation sites excluding steroid dienone is 1. The summed E-state index contributed by atoms with van der Waals surface area (Å²) in [5.41, 5.74) is 5.75. The lowest BCUT2D eigenvalue weighted by Crippen LogP contribution is -2.52. The summed E-state index contributed by atoms with van der Waals surface area (Å²) in [6.45, 7) is 4.05. The zero-order valence-corrected chi connectivity index (χ0v) is 33.8. The van der Waals surface area contributed by atoms with E-state index >= 15 is 0 Å². The highest BCUT2D eigenvalue weighted by Gasteiger charge is 2.39. The Hall–Kier alpha value is -4.90. The number of amides is 4. The summed E-state index contributed by atoms with van der Waals surface area (Å²) in [6.07, 6.45) is -2.71. The van der Waals surface area contributed by atoms with E-state index in [1.54, 1.807) is 9.80 Å². The third kappa shape index (κ3) is 11.0. The number of benzene rings is 2. The number of rotatable bonds is 10. The number of fused-ring (bicyclic) bond motifs is 1. The number of hydrogen-bond acceptors (Lipinski definition) is 10. The van der Waals surface area contributed by atoms with Crippen molar-refractivity contribution in [3.05, 3.63) is 69.6 Å². The van der Waals surface area contributed by atoms with Crippen molar-refractivity contribution in [2.45, 2.75) is 76.6 Å². The van der Waals surface area contributed by atoms with Crippen LogP contribution in [0.25, 0.3) is 0 Å². The summed E-state index contributed by atoms with van der Waals surface area (Å²) in [4.78, 5) is 60.0. The van der Waals surface area contributed by atoms with E-state index < -0.39 is 53.9 Å². The molecule has 0 radical (unpaired) electrons. The van der Waals surface area contributed by atoms with E-state index in [0.717, 1.165) is 30.2 Å². The highest BCUT2D eigenvalue weighted by atomic mass is 35.5. The summed E-state index contributed by atoms with van der Waals surface area (Å²) in [5.74, 6) is -1.08. The van der Waals surface area contributed by atoms with Gasteiger partial charge in [0.2, 0.25) is 0 Å². The molecule has 3 saturated heterocycles. The fourth-order valence-corrected chi connectivity index (χ4v) is 8.82. The molecular weight excluding hydrogens is 797 g/mol. The number of aliphatic hydroxyl groups is 2. The van der Waals surface area contributed by atoms with E-state index in [1.165, 1.54) is 17.9 Å². The van der Waals surface area contributed by atoms with Crippen LogP contribution in [0.2, 0.25) is 5.02 Å². The predicted octanol–water partition coefficient (Wildman–Crippen LogP) is 6.38. The number of ether oxygens (including phenoxy) is 2. The maximum Gasteiger partial charge on any atom is 0.418 e. The number of carbonyl (C=O) groups excluding carboxylic acids is 4. The molecule has 59 heavy (non-hydrogen) atoms. The van der Waals surface area contributed by atoms with E-state index in [2.05, 4.69) is 5.32 Å². The van der Waals surface area contributed by atoms with Crippen molar-refractivity contribution in [3.63, 3.8) is 0 Å². The molecular formula is C41H52ClF3N6O8. The second-order valence-corrected chi connectivity index (χ2v) is 16.2. The molecule has 0 unspecified atom stereocenters. The van der Waals surface area contributed by atoms with Crippen molar-refractivity contribution in [1.29, 1.82) is 0 Å². The summed E-state index contributed by atoms with van der Waals surface area (Å²) < 4.78 is 52.6. The Morgan fingerprint density at radius 3 is 2.20 bits per heavy atom. The number of urea groups is 1. The van der Waals surface area contributed by atoms with Gasteiger partial charge in [0.1, 0.15) is 5.76 Å². The van der Waals surface area contributed by atoms with Gasteiger partial charge >= 0.3 is 24.3 Å². The van der Waals surface area contributed by atoms with Crippen LogP contribution in [0.4, 0.5) is 34.1 Å². The Morgan fingerprint density at radius 1 is 0.932 bits per heavy atom. The number of esters is 1. The van der Waals surface area contributed by atoms with Gasteiger partial charge in [-0.15, -0.1) is 0 Å². The third-order valence-electron chi connectivity index (χ3n) is 12.0. The monoisotopic (exact) mass is 848 g/mol. The first-order chi connectivity index (χ1) is 28.1. The maximum absolute atomic E-state index is 14.2. The minimum Gasteiger partial charge on any atom is -0.509 e. The van der Waals surface area contributed by atoms with Crippen LogP contribution >= 0.6 is 11.6 Å². The van der Waals surface area contributed by atoms with Crippen LogP contribution in [-0.2, 0) is 38.1 Å². The predicted molar refractivity (Wildman–Crippen MR) is 213 cm³/mol. The molecule has 4 heterocycles. The largest absolute Gasteiger partial charge is 0.509 e. The van der Waals surface area contributed by atoms with Crippen LogP contribution in [-0.4, -0.2) is 125 Å². The number of hydrogen-bond donors (Lipinski definition) is 4. The zero-order chi connectivity index (χ0) is 42.4. The number of likely N-dealkylation sites (tertiary alicyclic amines) is 3. The SMILES string of the molecule is C/C(O)=C(/O)COC(=O)CN1CCC(C2CCN(C(=O)[C@@H](Cc3cc(Cl)c(N)c(C(F)(F)F)c3)OC(=O)N3CCC(N4CCc5ccccc5NC4=O)CC3)CC2)CC1. The van der Waals surface area contributed by atoms with E-state index in [4.69, 9.17) is 26.8 Å². The van der Waals surface area contributed by atoms with Crippen LogP contribution in [0.1, 0.15) is 62.1 Å². The first kappa shape index (κ1) is 43.7. The highest BCUT2D eigenvalue weighted by molar-refractivity contribution is 6.33. The van der Waals surface area contributed by atoms with Crippen LogP contribution in [0.5, 0.6) is 0 Å². The summed E-state index contributed by atoms with van der Waals surface area (Å²) in [5, 5.41) is 21.5. The van der Waals surface area contributed by atoms with Crippen molar-refractivity contribution in [1.82, 2.24) is 19.6 Å². The molecule has 4 aliphatic heterocycles. The second kappa shape index (κ2) is 19.0. The lowest BCUT2D eigenvalue weighted by Gasteiger charge is -2.41. The summed E-state index contributed by atoms with van der Waals surface area (Å²) in [7, 11) is 0. The quantitative estimate of drug-likeness (QED) is 0.119. The minimum atomic E-state index is -4.81. The van der Waals surface area contributed by atoms with Gasteiger partial charge in [-0.2, -0.15) is 13.2 Å². The molecule has 322 valence electrons. The molecule has 0 saturated carbocycles. The summed E-state index contributed by atoms with van der Waals surface area (Å²) in [6, 6.07) is 9.38. The molecule has 2 aromatic rings. The van der Waals surface area contributed by atoms with Crippen LogP contribution in [0.15, 0.2) is 47.9 Å². The molecule has 4 aliphatic rings. The first-order valence-corrected chi connectivity index (χ1v) is 20.5. The molecule has 2 aromatic carbocycles. The topological polar surface area (TPSA) is 178 Å². The van der Waals surface area contributed by atoms with Gasteiger partial charge in [0, 0.05) is 50.9 Å². The van der Waals surface area contributed by atoms with Gasteiger partial charge in [0.05, 0.1) is 22.8 Å². The first-order valence-electron chi connectivity index (χ1n) is 20.1. The molecule has 4 amide bonds. The summed E-state index contributed by atoms with van der Waals surface area (Å²) >= 11 is 6.13. The fraction of sp³-hybridized carbons (Fsp3) is 0.561. The van der Waals surface area contributed by atoms with Gasteiger partial charge in [-0.3, -0.25) is 14.5 Å². The van der Waals surface area contributed by atoms with Crippen molar-refractivity contribution < 1.29 is 52.0 Å². The molecule has 3 fully saturated rings.